The maximum atomic E-state index is 14.2. The smallest absolute Gasteiger partial charge is 0.164 e. The molecule has 0 amide bonds. The summed E-state index contributed by atoms with van der Waals surface area (Å²) in [7, 11) is 0. The lowest BCUT2D eigenvalue weighted by Crippen LogP contribution is -2.77. The lowest BCUT2D eigenvalue weighted by Gasteiger charge is -2.20. The summed E-state index contributed by atoms with van der Waals surface area (Å²) in [4.78, 5) is 0. The Morgan fingerprint density at radius 1 is 0.750 bits per heavy atom. The van der Waals surface area contributed by atoms with Crippen molar-refractivity contribution >= 4 is 10.8 Å². The first-order valence-electron chi connectivity index (χ1n) is 14.9. The summed E-state index contributed by atoms with van der Waals surface area (Å²) < 4.78 is 49.9. The fourth-order valence-electron chi connectivity index (χ4n) is 7.18. The van der Waals surface area contributed by atoms with Crippen molar-refractivity contribution in [3.8, 4) is 33.9 Å². The lowest BCUT2D eigenvalue weighted by atomic mass is 9.84. The van der Waals surface area contributed by atoms with Gasteiger partial charge in [-0.15, -0.1) is 9.36 Å². The summed E-state index contributed by atoms with van der Waals surface area (Å²) in [6.45, 7) is 10.7. The highest BCUT2D eigenvalue weighted by Crippen LogP contribution is 2.44. The van der Waals surface area contributed by atoms with Gasteiger partial charge in [0.1, 0.15) is 5.69 Å². The van der Waals surface area contributed by atoms with Gasteiger partial charge in [-0.2, -0.15) is 23.4 Å². The average Bonchev–Trinajstić information content (AvgIpc) is 3.72. The molecule has 2 aliphatic rings. The van der Waals surface area contributed by atoms with Crippen molar-refractivity contribution in [2.24, 2.45) is 0 Å². The van der Waals surface area contributed by atoms with Crippen LogP contribution in [0.1, 0.15) is 62.0 Å². The van der Waals surface area contributed by atoms with Gasteiger partial charge in [0.25, 0.3) is 0 Å². The standard InChI is InChI=1S/C35H31F3N6/c1-20(2)25-9-8-10-26(21(3)4)32(25)24-12-13-27-23(18-24)14-16-42-33(27)30-19-31(34(36,37)38)40-44(30)35(42)41-15-7-6-11-28(41)29-17-22(5)39-43(29)35/h6-21H,1-5H3/q+2. The molecular formula is C35H31F3N6+2. The predicted octanol–water partition coefficient (Wildman–Crippen LogP) is 7.22. The zero-order chi connectivity index (χ0) is 30.7. The Bertz CT molecular complexity index is 2130. The second kappa shape index (κ2) is 8.87. The summed E-state index contributed by atoms with van der Waals surface area (Å²) in [5, 5.41) is 10.8. The molecule has 0 aliphatic carbocycles. The number of alkyl halides is 3. The van der Waals surface area contributed by atoms with Crippen LogP contribution in [0.2, 0.25) is 0 Å². The van der Waals surface area contributed by atoms with Crippen LogP contribution in [-0.4, -0.2) is 19.6 Å². The van der Waals surface area contributed by atoms with Gasteiger partial charge in [0, 0.05) is 24.3 Å². The third-order valence-electron chi connectivity index (χ3n) is 9.02. The third-order valence-corrected chi connectivity index (χ3v) is 9.02. The van der Waals surface area contributed by atoms with Gasteiger partial charge in [0.15, 0.2) is 23.8 Å². The van der Waals surface area contributed by atoms with Gasteiger partial charge in [-0.05, 0) is 70.7 Å². The largest absolute Gasteiger partial charge is 0.583 e. The molecule has 9 heteroatoms. The number of fused-ring (bicyclic) bond motifs is 12. The van der Waals surface area contributed by atoms with Gasteiger partial charge in [0.05, 0.1) is 11.1 Å². The molecule has 6 aromatic rings. The van der Waals surface area contributed by atoms with Gasteiger partial charge < -0.3 is 0 Å². The molecule has 0 fully saturated rings. The highest BCUT2D eigenvalue weighted by atomic mass is 19.4. The second-order valence-corrected chi connectivity index (χ2v) is 12.4. The quantitative estimate of drug-likeness (QED) is 0.203. The highest BCUT2D eigenvalue weighted by molar-refractivity contribution is 5.96. The monoisotopic (exact) mass is 592 g/mol. The van der Waals surface area contributed by atoms with Gasteiger partial charge >= 0.3 is 12.1 Å². The first-order valence-corrected chi connectivity index (χ1v) is 14.9. The van der Waals surface area contributed by atoms with Crippen LogP contribution in [0.5, 0.6) is 0 Å². The van der Waals surface area contributed by atoms with E-state index >= 15 is 0 Å². The Hall–Kier alpha value is -4.79. The van der Waals surface area contributed by atoms with Crippen LogP contribution in [0.3, 0.4) is 0 Å². The molecule has 0 bridgehead atoms. The van der Waals surface area contributed by atoms with Crippen LogP contribution in [0.4, 0.5) is 13.2 Å². The first-order chi connectivity index (χ1) is 21.0. The predicted molar refractivity (Wildman–Crippen MR) is 161 cm³/mol. The van der Waals surface area contributed by atoms with Crippen molar-refractivity contribution in [3.05, 3.63) is 108 Å². The fourth-order valence-corrected chi connectivity index (χ4v) is 7.18. The average molecular weight is 593 g/mol. The molecule has 44 heavy (non-hydrogen) atoms. The number of aromatic nitrogens is 6. The SMILES string of the molecule is Cc1cc2n(n1)C1(n3nc(C(F)(F)F)cc3-c3c4ccc(-c5c(C(C)C)cccc5C(C)C)cc4cc[n+]31)[n+]1ccccc1-2. The summed E-state index contributed by atoms with van der Waals surface area (Å²) in [5.74, 6) is -0.677. The van der Waals surface area contributed by atoms with Gasteiger partial charge in [0.2, 0.25) is 11.4 Å². The molecule has 0 saturated heterocycles. The number of hydrogen-bond donors (Lipinski definition) is 0. The zero-order valence-corrected chi connectivity index (χ0v) is 25.1. The summed E-state index contributed by atoms with van der Waals surface area (Å²) in [6.07, 6.45) is -0.776. The maximum absolute atomic E-state index is 14.2. The van der Waals surface area contributed by atoms with Crippen LogP contribution in [-0.2, 0) is 12.1 Å². The zero-order valence-electron chi connectivity index (χ0n) is 25.1. The number of rotatable bonds is 3. The maximum Gasteiger partial charge on any atom is 0.583 e. The molecule has 6 heterocycles. The number of hydrogen-bond acceptors (Lipinski definition) is 2. The number of nitrogens with zero attached hydrogens (tertiary/aromatic N) is 6. The van der Waals surface area contributed by atoms with E-state index in [0.717, 1.165) is 39.5 Å². The Labute approximate surface area is 252 Å². The molecule has 1 atom stereocenters. The van der Waals surface area contributed by atoms with Crippen LogP contribution in [0.15, 0.2) is 85.2 Å². The minimum atomic E-state index is -4.61. The number of benzene rings is 2. The van der Waals surface area contributed by atoms with E-state index in [4.69, 9.17) is 5.10 Å². The topological polar surface area (TPSA) is 43.4 Å². The third kappa shape index (κ3) is 3.38. The molecule has 220 valence electrons. The molecule has 2 aromatic carbocycles. The van der Waals surface area contributed by atoms with E-state index in [9.17, 15) is 13.2 Å². The fraction of sp³-hybridized carbons (Fsp3) is 0.257. The molecule has 0 N–H and O–H groups in total. The molecule has 0 saturated carbocycles. The number of aryl methyl sites for hydroxylation is 1. The van der Waals surface area contributed by atoms with Crippen LogP contribution in [0.25, 0.3) is 44.7 Å². The van der Waals surface area contributed by atoms with Crippen LogP contribution >= 0.6 is 0 Å². The van der Waals surface area contributed by atoms with Crippen molar-refractivity contribution in [1.82, 2.24) is 19.6 Å². The van der Waals surface area contributed by atoms with E-state index in [1.807, 2.05) is 64.8 Å². The molecule has 6 nitrogen and oxygen atoms in total. The van der Waals surface area contributed by atoms with Crippen molar-refractivity contribution < 1.29 is 22.3 Å². The van der Waals surface area contributed by atoms with E-state index in [1.54, 1.807) is 4.68 Å². The van der Waals surface area contributed by atoms with Crippen molar-refractivity contribution in [3.63, 3.8) is 0 Å². The minimum Gasteiger partial charge on any atom is -0.164 e. The Morgan fingerprint density at radius 3 is 2.18 bits per heavy atom. The first kappa shape index (κ1) is 26.8. The minimum absolute atomic E-state index is 0.330. The summed E-state index contributed by atoms with van der Waals surface area (Å²) in [6, 6.07) is 23.7. The van der Waals surface area contributed by atoms with Crippen LogP contribution < -0.4 is 9.13 Å². The van der Waals surface area contributed by atoms with E-state index in [1.165, 1.54) is 21.4 Å². The van der Waals surface area contributed by atoms with E-state index in [-0.39, 0.29) is 0 Å². The summed E-state index contributed by atoms with van der Waals surface area (Å²) in [5.41, 5.74) is 7.38. The molecular weight excluding hydrogens is 561 g/mol. The Morgan fingerprint density at radius 2 is 1.48 bits per heavy atom. The Balaban J connectivity index is 1.45. The Kier molecular flexibility index (Phi) is 5.41. The van der Waals surface area contributed by atoms with Crippen molar-refractivity contribution in [2.75, 3.05) is 0 Å². The van der Waals surface area contributed by atoms with Crippen molar-refractivity contribution in [2.45, 2.75) is 58.5 Å². The van der Waals surface area contributed by atoms with E-state index < -0.39 is 17.8 Å². The van der Waals surface area contributed by atoms with Gasteiger partial charge in [-0.3, -0.25) is 0 Å². The van der Waals surface area contributed by atoms with Gasteiger partial charge in [-0.25, -0.2) is 0 Å². The molecule has 1 spiro atoms. The van der Waals surface area contributed by atoms with Crippen molar-refractivity contribution in [1.29, 1.82) is 0 Å². The lowest BCUT2D eigenvalue weighted by molar-refractivity contribution is -0.990. The molecule has 1 unspecified atom stereocenters. The van der Waals surface area contributed by atoms with Crippen LogP contribution in [0, 0.1) is 6.92 Å². The van der Waals surface area contributed by atoms with E-state index in [2.05, 4.69) is 63.1 Å². The van der Waals surface area contributed by atoms with Gasteiger partial charge in [-0.1, -0.05) is 61.1 Å². The molecule has 8 rings (SSSR count). The highest BCUT2D eigenvalue weighted by Gasteiger charge is 2.70. The number of pyridine rings is 2. The molecule has 0 radical (unpaired) electrons. The second-order valence-electron chi connectivity index (χ2n) is 12.4. The molecule has 2 aliphatic heterocycles. The molecule has 4 aromatic heterocycles. The summed E-state index contributed by atoms with van der Waals surface area (Å²) >= 11 is 0. The normalized spacial score (nSPS) is 16.7. The number of halogens is 3. The van der Waals surface area contributed by atoms with E-state index in [0.29, 0.717) is 23.2 Å².